The summed E-state index contributed by atoms with van der Waals surface area (Å²) in [6.45, 7) is 0.434. The molecule has 2 heterocycles. The van der Waals surface area contributed by atoms with Gasteiger partial charge in [0.15, 0.2) is 0 Å². The normalized spacial score (nSPS) is 19.2. The molecule has 0 radical (unpaired) electrons. The zero-order valence-corrected chi connectivity index (χ0v) is 14.6. The Labute approximate surface area is 151 Å². The smallest absolute Gasteiger partial charge is 0.308 e. The van der Waals surface area contributed by atoms with Gasteiger partial charge < -0.3 is 19.5 Å². The van der Waals surface area contributed by atoms with Crippen LogP contribution in [0.15, 0.2) is 42.7 Å². The summed E-state index contributed by atoms with van der Waals surface area (Å²) in [7, 11) is 2.96. The number of rotatable bonds is 5. The highest BCUT2D eigenvalue weighted by molar-refractivity contribution is 6.00. The lowest BCUT2D eigenvalue weighted by Crippen LogP contribution is -2.30. The van der Waals surface area contributed by atoms with Crippen molar-refractivity contribution in [3.63, 3.8) is 0 Å². The van der Waals surface area contributed by atoms with Crippen molar-refractivity contribution in [2.75, 3.05) is 27.3 Å². The molecule has 1 aliphatic rings. The van der Waals surface area contributed by atoms with E-state index in [1.165, 1.54) is 14.2 Å². The van der Waals surface area contributed by atoms with E-state index in [4.69, 9.17) is 9.47 Å². The maximum Gasteiger partial charge on any atom is 0.308 e. The Balaban J connectivity index is 1.94. The number of hydrogen-bond acceptors (Lipinski definition) is 5. The van der Waals surface area contributed by atoms with E-state index in [0.717, 1.165) is 5.56 Å². The van der Waals surface area contributed by atoms with E-state index >= 15 is 0 Å². The number of carboxylic acids is 1. The quantitative estimate of drug-likeness (QED) is 0.882. The Morgan fingerprint density at radius 3 is 2.23 bits per heavy atom. The first-order valence-electron chi connectivity index (χ1n) is 8.19. The predicted molar refractivity (Wildman–Crippen MR) is 93.6 cm³/mol. The first-order chi connectivity index (χ1) is 12.6. The van der Waals surface area contributed by atoms with Gasteiger partial charge in [-0.05, 0) is 29.8 Å². The van der Waals surface area contributed by atoms with Gasteiger partial charge in [0.2, 0.25) is 0 Å². The van der Waals surface area contributed by atoms with Gasteiger partial charge in [0.1, 0.15) is 17.1 Å². The fraction of sp³-hybridized carbons (Fsp3) is 0.316. The minimum absolute atomic E-state index is 0.127. The average molecular weight is 356 g/mol. The third kappa shape index (κ3) is 3.20. The van der Waals surface area contributed by atoms with E-state index in [-0.39, 0.29) is 18.4 Å². The van der Waals surface area contributed by atoms with Crippen LogP contribution < -0.4 is 9.47 Å². The van der Waals surface area contributed by atoms with Crippen molar-refractivity contribution < 1.29 is 24.2 Å². The maximum absolute atomic E-state index is 13.1. The molecule has 2 atom stereocenters. The molecule has 1 saturated heterocycles. The highest BCUT2D eigenvalue weighted by atomic mass is 16.5. The molecule has 7 heteroatoms. The number of benzene rings is 1. The van der Waals surface area contributed by atoms with Gasteiger partial charge in [0.25, 0.3) is 5.91 Å². The van der Waals surface area contributed by atoms with Crippen LogP contribution >= 0.6 is 0 Å². The number of carbonyl (C=O) groups excluding carboxylic acids is 1. The van der Waals surface area contributed by atoms with Crippen molar-refractivity contribution in [1.29, 1.82) is 0 Å². The van der Waals surface area contributed by atoms with Gasteiger partial charge in [-0.3, -0.25) is 14.6 Å². The second-order valence-electron chi connectivity index (χ2n) is 6.08. The zero-order valence-electron chi connectivity index (χ0n) is 14.6. The average Bonchev–Trinajstić information content (AvgIpc) is 3.13. The summed E-state index contributed by atoms with van der Waals surface area (Å²) in [5, 5.41) is 9.61. The molecule has 1 aromatic carbocycles. The van der Waals surface area contributed by atoms with Crippen molar-refractivity contribution >= 4 is 11.9 Å². The highest BCUT2D eigenvalue weighted by Gasteiger charge is 2.41. The van der Waals surface area contributed by atoms with Gasteiger partial charge in [-0.25, -0.2) is 0 Å². The van der Waals surface area contributed by atoms with Crippen LogP contribution in [0.1, 0.15) is 21.8 Å². The summed E-state index contributed by atoms with van der Waals surface area (Å²) in [6, 6.07) is 8.68. The molecule has 26 heavy (non-hydrogen) atoms. The van der Waals surface area contributed by atoms with E-state index in [2.05, 4.69) is 4.98 Å². The molecule has 0 spiro atoms. The molecule has 2 aromatic rings. The van der Waals surface area contributed by atoms with Gasteiger partial charge in [0, 0.05) is 31.4 Å². The van der Waals surface area contributed by atoms with Crippen LogP contribution in [0, 0.1) is 5.92 Å². The minimum Gasteiger partial charge on any atom is -0.496 e. The van der Waals surface area contributed by atoms with Crippen LogP contribution in [0.2, 0.25) is 0 Å². The lowest BCUT2D eigenvalue weighted by atomic mass is 9.90. The molecule has 0 saturated carbocycles. The first kappa shape index (κ1) is 17.7. The number of methoxy groups -OCH3 is 2. The number of aliphatic carboxylic acids is 1. The number of pyridine rings is 1. The molecule has 1 aromatic heterocycles. The van der Waals surface area contributed by atoms with Gasteiger partial charge in [-0.2, -0.15) is 0 Å². The minimum atomic E-state index is -0.922. The number of hydrogen-bond donors (Lipinski definition) is 1. The molecule has 3 rings (SSSR count). The second kappa shape index (κ2) is 7.43. The second-order valence-corrected chi connectivity index (χ2v) is 6.08. The summed E-state index contributed by atoms with van der Waals surface area (Å²) >= 11 is 0. The predicted octanol–water partition coefficient (Wildman–Crippen LogP) is 2.04. The molecule has 1 amide bonds. The standard InChI is InChI=1S/C19H20N2O5/c1-25-15-4-3-5-16(26-2)17(15)18(22)21-10-13(14(11-21)19(23)24)12-6-8-20-9-7-12/h3-9,13-14H,10-11H2,1-2H3,(H,23,24)/t13-,14+/m1/s1. The Kier molecular flexibility index (Phi) is 5.06. The van der Waals surface area contributed by atoms with Crippen LogP contribution in [0.4, 0.5) is 0 Å². The molecule has 1 N–H and O–H groups in total. The summed E-state index contributed by atoms with van der Waals surface area (Å²) in [5.74, 6) is -1.40. The summed E-state index contributed by atoms with van der Waals surface area (Å²) in [4.78, 5) is 30.4. The summed E-state index contributed by atoms with van der Waals surface area (Å²) in [6.07, 6.45) is 3.25. The van der Waals surface area contributed by atoms with Crippen molar-refractivity contribution in [1.82, 2.24) is 9.88 Å². The van der Waals surface area contributed by atoms with E-state index in [1.807, 2.05) is 0 Å². The number of aromatic nitrogens is 1. The number of amides is 1. The highest BCUT2D eigenvalue weighted by Crippen LogP contribution is 2.36. The van der Waals surface area contributed by atoms with E-state index in [9.17, 15) is 14.7 Å². The molecular weight excluding hydrogens is 336 g/mol. The van der Waals surface area contributed by atoms with Crippen molar-refractivity contribution in [3.05, 3.63) is 53.9 Å². The Morgan fingerprint density at radius 1 is 1.08 bits per heavy atom. The number of likely N-dealkylation sites (tertiary alicyclic amines) is 1. The topological polar surface area (TPSA) is 89.0 Å². The van der Waals surface area contributed by atoms with Crippen LogP contribution in [0.3, 0.4) is 0 Å². The van der Waals surface area contributed by atoms with E-state index < -0.39 is 11.9 Å². The Bertz CT molecular complexity index is 787. The van der Waals surface area contributed by atoms with Crippen molar-refractivity contribution in [2.24, 2.45) is 5.92 Å². The van der Waals surface area contributed by atoms with E-state index in [0.29, 0.717) is 23.6 Å². The molecular formula is C19H20N2O5. The van der Waals surface area contributed by atoms with Crippen molar-refractivity contribution in [2.45, 2.75) is 5.92 Å². The first-order valence-corrected chi connectivity index (χ1v) is 8.19. The number of carbonyl (C=O) groups is 2. The SMILES string of the molecule is COc1cccc(OC)c1C(=O)N1C[C@H](C(=O)O)[C@@H](c2ccncc2)C1. The third-order valence-electron chi connectivity index (χ3n) is 4.70. The van der Waals surface area contributed by atoms with Crippen LogP contribution in [0.25, 0.3) is 0 Å². The fourth-order valence-electron chi connectivity index (χ4n) is 3.39. The van der Waals surface area contributed by atoms with Gasteiger partial charge in [-0.15, -0.1) is 0 Å². The van der Waals surface area contributed by atoms with Crippen LogP contribution in [-0.4, -0.2) is 54.2 Å². The Hall–Kier alpha value is -3.09. The van der Waals surface area contributed by atoms with Gasteiger partial charge in [-0.1, -0.05) is 6.07 Å². The van der Waals surface area contributed by atoms with Crippen LogP contribution in [-0.2, 0) is 4.79 Å². The van der Waals surface area contributed by atoms with Crippen LogP contribution in [0.5, 0.6) is 11.5 Å². The lowest BCUT2D eigenvalue weighted by Gasteiger charge is -2.20. The fourth-order valence-corrected chi connectivity index (χ4v) is 3.39. The van der Waals surface area contributed by atoms with E-state index in [1.54, 1.807) is 47.6 Å². The van der Waals surface area contributed by atoms with Gasteiger partial charge >= 0.3 is 5.97 Å². The van der Waals surface area contributed by atoms with Crippen molar-refractivity contribution in [3.8, 4) is 11.5 Å². The molecule has 0 unspecified atom stereocenters. The lowest BCUT2D eigenvalue weighted by molar-refractivity contribution is -0.141. The largest absolute Gasteiger partial charge is 0.496 e. The summed E-state index contributed by atoms with van der Waals surface area (Å²) in [5.41, 5.74) is 1.16. The van der Waals surface area contributed by atoms with Gasteiger partial charge in [0.05, 0.1) is 20.1 Å². The Morgan fingerprint density at radius 2 is 1.69 bits per heavy atom. The third-order valence-corrected chi connectivity index (χ3v) is 4.70. The zero-order chi connectivity index (χ0) is 18.7. The molecule has 0 bridgehead atoms. The molecule has 7 nitrogen and oxygen atoms in total. The monoisotopic (exact) mass is 356 g/mol. The molecule has 136 valence electrons. The number of nitrogens with zero attached hydrogens (tertiary/aromatic N) is 2. The number of ether oxygens (including phenoxy) is 2. The number of carboxylic acid groups (broad SMARTS) is 1. The molecule has 1 aliphatic heterocycles. The molecule has 0 aliphatic carbocycles. The molecule has 1 fully saturated rings. The summed E-state index contributed by atoms with van der Waals surface area (Å²) < 4.78 is 10.6. The maximum atomic E-state index is 13.1.